The Bertz CT molecular complexity index is 3000. The molecule has 19 heteroatoms. The Labute approximate surface area is 401 Å². The number of imide groups is 1. The highest BCUT2D eigenvalue weighted by Crippen LogP contribution is 2.47. The van der Waals surface area contributed by atoms with Gasteiger partial charge in [-0.3, -0.25) is 24.4 Å². The summed E-state index contributed by atoms with van der Waals surface area (Å²) in [6, 6.07) is 11.8. The second-order valence-electron chi connectivity index (χ2n) is 20.3. The minimum absolute atomic E-state index is 0.131. The number of ether oxygens (including phenoxy) is 1. The lowest BCUT2D eigenvalue weighted by Gasteiger charge is -2.48. The summed E-state index contributed by atoms with van der Waals surface area (Å²) in [5.41, 5.74) is 2.90. The highest BCUT2D eigenvalue weighted by atomic mass is 35.5. The summed E-state index contributed by atoms with van der Waals surface area (Å²) >= 11 is 6.76. The number of alkyl halides is 2. The molecule has 6 aliphatic rings. The third kappa shape index (κ3) is 8.28. The number of hydrogen-bond acceptors (Lipinski definition) is 12. The molecular weight excluding hydrogens is 911 g/mol. The van der Waals surface area contributed by atoms with Gasteiger partial charge in [0.25, 0.3) is 5.56 Å². The van der Waals surface area contributed by atoms with Crippen molar-refractivity contribution in [3.63, 3.8) is 0 Å². The lowest BCUT2D eigenvalue weighted by Crippen LogP contribution is -2.48. The van der Waals surface area contributed by atoms with Gasteiger partial charge in [0.05, 0.1) is 45.1 Å². The van der Waals surface area contributed by atoms with Gasteiger partial charge in [0.2, 0.25) is 17.6 Å². The molecule has 11 rings (SSSR count). The summed E-state index contributed by atoms with van der Waals surface area (Å²) in [5.74, 6) is -3.67. The average Bonchev–Trinajstić information content (AvgIpc) is 4.14. The van der Waals surface area contributed by atoms with Crippen LogP contribution in [-0.2, 0) is 23.7 Å². The standard InChI is InChI=1S/C50H55ClF3N11O4/c1-61-36-8-5-31(24-34(36)41-43(48(61)68)69-27-50(53,54)44(58-41)29-3-4-29)56-45-35(51)23-30(25-55)46(59-45)65-21-15-49(16-22-65)13-19-63(20-14-49)26-28-11-17-64(18-12-28)37-9-6-32-40(60-62(2)42(32)39(37)52)33-7-10-38(66)57-47(33)67/h5-6,8-9,23-24,28-29,33,44,58H,3-4,7,10-22,26-27H2,1-2H3,(H,56,59)(H,57,66,67). The van der Waals surface area contributed by atoms with Gasteiger partial charge in [-0.05, 0) is 125 Å². The van der Waals surface area contributed by atoms with Crippen LogP contribution in [0.1, 0.15) is 81.4 Å². The zero-order valence-corrected chi connectivity index (χ0v) is 39.5. The predicted octanol–water partition coefficient (Wildman–Crippen LogP) is 7.57. The molecule has 0 radical (unpaired) electrons. The number of carbonyl (C=O) groups is 2. The number of nitriles is 1. The molecular formula is C50H55ClF3N11O4. The topological polar surface area (TPSA) is 166 Å². The summed E-state index contributed by atoms with van der Waals surface area (Å²) < 4.78 is 55.1. The normalized spacial score (nSPS) is 23.0. The van der Waals surface area contributed by atoms with Gasteiger partial charge in [-0.25, -0.2) is 18.2 Å². The van der Waals surface area contributed by atoms with Crippen LogP contribution in [0.4, 0.5) is 41.9 Å². The minimum atomic E-state index is -3.16. The molecule has 3 aromatic heterocycles. The molecule has 5 aromatic rings. The van der Waals surface area contributed by atoms with Crippen molar-refractivity contribution in [3.05, 3.63) is 68.8 Å². The average molecular weight is 967 g/mol. The first-order valence-corrected chi connectivity index (χ1v) is 24.6. The van der Waals surface area contributed by atoms with Crippen LogP contribution in [0.15, 0.2) is 41.2 Å². The third-order valence-corrected chi connectivity index (χ3v) is 16.3. The van der Waals surface area contributed by atoms with Crippen molar-refractivity contribution in [2.45, 2.75) is 82.1 Å². The highest BCUT2D eigenvalue weighted by molar-refractivity contribution is 6.33. The number of rotatable bonds is 8. The molecule has 0 bridgehead atoms. The van der Waals surface area contributed by atoms with Crippen LogP contribution in [0.3, 0.4) is 0 Å². The van der Waals surface area contributed by atoms with Crippen LogP contribution in [-0.4, -0.2) is 100 Å². The van der Waals surface area contributed by atoms with E-state index in [1.807, 2.05) is 12.1 Å². The third-order valence-electron chi connectivity index (χ3n) is 16.0. The van der Waals surface area contributed by atoms with Crippen molar-refractivity contribution in [1.82, 2.24) is 29.5 Å². The van der Waals surface area contributed by atoms with Crippen molar-refractivity contribution in [3.8, 4) is 11.8 Å². The zero-order chi connectivity index (χ0) is 47.9. The molecule has 15 nitrogen and oxygen atoms in total. The number of amides is 2. The van der Waals surface area contributed by atoms with E-state index in [0.29, 0.717) is 81.3 Å². The Kier molecular flexibility index (Phi) is 11.5. The Morgan fingerprint density at radius 1 is 0.928 bits per heavy atom. The van der Waals surface area contributed by atoms with E-state index < -0.39 is 30.0 Å². The van der Waals surface area contributed by atoms with Gasteiger partial charge >= 0.3 is 5.92 Å². The van der Waals surface area contributed by atoms with E-state index in [-0.39, 0.29) is 51.8 Å². The fourth-order valence-corrected chi connectivity index (χ4v) is 11.9. The first-order chi connectivity index (χ1) is 33.2. The van der Waals surface area contributed by atoms with E-state index in [2.05, 4.69) is 41.8 Å². The smallest absolute Gasteiger partial charge is 0.301 e. The molecule has 69 heavy (non-hydrogen) atoms. The molecule has 1 saturated carbocycles. The first kappa shape index (κ1) is 45.4. The van der Waals surface area contributed by atoms with Crippen LogP contribution in [0.25, 0.3) is 21.8 Å². The monoisotopic (exact) mass is 965 g/mol. The van der Waals surface area contributed by atoms with E-state index in [1.165, 1.54) is 9.25 Å². The number of fused-ring (bicyclic) bond motifs is 4. The van der Waals surface area contributed by atoms with Crippen molar-refractivity contribution < 1.29 is 27.5 Å². The lowest BCUT2D eigenvalue weighted by atomic mass is 9.71. The van der Waals surface area contributed by atoms with Gasteiger partial charge in [0, 0.05) is 69.7 Å². The van der Waals surface area contributed by atoms with Crippen molar-refractivity contribution >= 4 is 73.9 Å². The molecule has 8 heterocycles. The maximum absolute atomic E-state index is 16.2. The number of piperidine rings is 4. The van der Waals surface area contributed by atoms with Crippen LogP contribution < -0.4 is 36.0 Å². The molecule has 362 valence electrons. The minimum Gasteiger partial charge on any atom is -0.480 e. The van der Waals surface area contributed by atoms with Gasteiger partial charge < -0.3 is 34.6 Å². The number of nitrogens with zero attached hydrogens (tertiary/aromatic N) is 8. The summed E-state index contributed by atoms with van der Waals surface area (Å²) in [5, 5.41) is 24.9. The van der Waals surface area contributed by atoms with Gasteiger partial charge in [-0.1, -0.05) is 11.6 Å². The second kappa shape index (κ2) is 17.4. The van der Waals surface area contributed by atoms with Crippen molar-refractivity contribution in [1.29, 1.82) is 5.26 Å². The molecule has 2 aromatic carbocycles. The number of likely N-dealkylation sites (tertiary alicyclic amines) is 1. The molecule has 2 amide bonds. The molecule has 5 aliphatic heterocycles. The van der Waals surface area contributed by atoms with Gasteiger partial charge in [0.1, 0.15) is 17.4 Å². The quantitative estimate of drug-likeness (QED) is 0.131. The number of aryl methyl sites for hydroxylation is 2. The van der Waals surface area contributed by atoms with E-state index in [0.717, 1.165) is 84.3 Å². The number of anilines is 5. The summed E-state index contributed by atoms with van der Waals surface area (Å²) in [6.07, 6.45) is 8.02. The SMILES string of the molecule is Cn1nc(C2CCC(=O)NC2=O)c2ccc(N3CCC(CN4CCC5(CC4)CCN(c4nc(Nc6ccc7c(c6)c6c(c(=O)n7C)OCC(F)(F)C(C7CC7)N6)c(Cl)cc4C#N)CC5)CC3)c(F)c21. The number of hydrogen-bond donors (Lipinski definition) is 3. The predicted molar refractivity (Wildman–Crippen MR) is 257 cm³/mol. The van der Waals surface area contributed by atoms with E-state index in [1.54, 1.807) is 38.4 Å². The molecule has 3 N–H and O–H groups in total. The fourth-order valence-electron chi connectivity index (χ4n) is 11.7. The maximum Gasteiger partial charge on any atom is 0.301 e. The Morgan fingerprint density at radius 2 is 1.67 bits per heavy atom. The lowest BCUT2D eigenvalue weighted by molar-refractivity contribution is -0.134. The van der Waals surface area contributed by atoms with E-state index in [9.17, 15) is 19.6 Å². The summed E-state index contributed by atoms with van der Waals surface area (Å²) in [6.45, 7) is 5.18. The van der Waals surface area contributed by atoms with E-state index in [4.69, 9.17) is 21.3 Å². The molecule has 2 atom stereocenters. The fraction of sp³-hybridized carbons (Fsp3) is 0.520. The number of pyridine rings is 2. The first-order valence-electron chi connectivity index (χ1n) is 24.2. The molecule has 1 aliphatic carbocycles. The summed E-state index contributed by atoms with van der Waals surface area (Å²) in [4.78, 5) is 49.5. The van der Waals surface area contributed by atoms with Gasteiger partial charge in [0.15, 0.2) is 18.2 Å². The number of benzene rings is 2. The molecule has 1 spiro atoms. The molecule has 2 unspecified atom stereocenters. The number of aromatic nitrogens is 4. The zero-order valence-electron chi connectivity index (χ0n) is 38.7. The maximum atomic E-state index is 16.2. The van der Waals surface area contributed by atoms with Gasteiger partial charge in [-0.2, -0.15) is 10.4 Å². The van der Waals surface area contributed by atoms with Crippen LogP contribution in [0.5, 0.6) is 5.75 Å². The van der Waals surface area contributed by atoms with Crippen molar-refractivity contribution in [2.24, 2.45) is 31.3 Å². The largest absolute Gasteiger partial charge is 0.480 e. The highest BCUT2D eigenvalue weighted by Gasteiger charge is 2.51. The summed E-state index contributed by atoms with van der Waals surface area (Å²) in [7, 11) is 3.29. The second-order valence-corrected chi connectivity index (χ2v) is 20.7. The Morgan fingerprint density at radius 3 is 2.38 bits per heavy atom. The Hall–Kier alpha value is -6.06. The number of halogens is 4. The van der Waals surface area contributed by atoms with Gasteiger partial charge in [-0.15, -0.1) is 0 Å². The molecule has 4 saturated heterocycles. The number of nitrogens with one attached hydrogen (secondary N) is 3. The molecule has 5 fully saturated rings. The Balaban J connectivity index is 0.711. The van der Waals surface area contributed by atoms with E-state index >= 15 is 13.2 Å². The van der Waals surface area contributed by atoms with Crippen LogP contribution in [0, 0.1) is 34.4 Å². The number of carbonyl (C=O) groups excluding carboxylic acids is 2. The van der Waals surface area contributed by atoms with Crippen LogP contribution in [0.2, 0.25) is 5.02 Å². The van der Waals surface area contributed by atoms with Crippen LogP contribution >= 0.6 is 11.6 Å². The van der Waals surface area contributed by atoms with Crippen molar-refractivity contribution in [2.75, 3.05) is 72.9 Å².